The fraction of sp³-hybridized carbons (Fsp3) is 0.348. The van der Waals surface area contributed by atoms with Crippen LogP contribution in [0, 0.1) is 6.92 Å². The molecule has 1 aromatic heterocycles. The van der Waals surface area contributed by atoms with Crippen molar-refractivity contribution >= 4 is 5.97 Å². The molecule has 2 N–H and O–H groups in total. The molecule has 3 aromatic rings. The Bertz CT molecular complexity index is 1120. The number of aryl methyl sites for hydroxylation is 1. The van der Waals surface area contributed by atoms with E-state index in [9.17, 15) is 23.1 Å². The highest BCUT2D eigenvalue weighted by Gasteiger charge is 2.31. The fourth-order valence-corrected chi connectivity index (χ4v) is 3.15. The quantitative estimate of drug-likeness (QED) is 0.495. The van der Waals surface area contributed by atoms with Gasteiger partial charge in [0.25, 0.3) is 0 Å². The number of aliphatic carboxylic acids is 1. The summed E-state index contributed by atoms with van der Waals surface area (Å²) in [6, 6.07) is 9.74. The zero-order valence-electron chi connectivity index (χ0n) is 18.5. The first-order chi connectivity index (χ1) is 15.4. The average Bonchev–Trinajstić information content (AvgIpc) is 3.21. The molecule has 0 aliphatic heterocycles. The number of nitrogens with zero attached hydrogens (tertiary/aromatic N) is 2. The van der Waals surface area contributed by atoms with E-state index in [4.69, 9.17) is 9.26 Å². The largest absolute Gasteiger partial charge is 0.478 e. The zero-order chi connectivity index (χ0) is 24.4. The van der Waals surface area contributed by atoms with Crippen molar-refractivity contribution in [1.82, 2.24) is 15.5 Å². The van der Waals surface area contributed by atoms with Crippen LogP contribution in [-0.4, -0.2) is 33.9 Å². The predicted molar refractivity (Wildman–Crippen MR) is 114 cm³/mol. The molecule has 0 amide bonds. The Morgan fingerprint density at radius 1 is 1.18 bits per heavy atom. The maximum Gasteiger partial charge on any atom is 0.416 e. The second-order valence-electron chi connectivity index (χ2n) is 8.07. The minimum absolute atomic E-state index is 0.199. The summed E-state index contributed by atoms with van der Waals surface area (Å²) in [6.07, 6.45) is -4.08. The summed E-state index contributed by atoms with van der Waals surface area (Å²) < 4.78 is 49.2. The predicted octanol–water partition coefficient (Wildman–Crippen LogP) is 4.81. The van der Waals surface area contributed by atoms with Crippen molar-refractivity contribution in [2.45, 2.75) is 45.0 Å². The van der Waals surface area contributed by atoms with Crippen molar-refractivity contribution in [2.75, 3.05) is 7.05 Å². The molecular weight excluding hydrogens is 439 g/mol. The van der Waals surface area contributed by atoms with Crippen LogP contribution in [0.2, 0.25) is 0 Å². The first-order valence-electron chi connectivity index (χ1n) is 10.1. The molecule has 0 fully saturated rings. The van der Waals surface area contributed by atoms with Crippen molar-refractivity contribution in [1.29, 1.82) is 0 Å². The smallest absolute Gasteiger partial charge is 0.416 e. The van der Waals surface area contributed by atoms with Crippen LogP contribution < -0.4 is 10.1 Å². The van der Waals surface area contributed by atoms with Gasteiger partial charge < -0.3 is 19.7 Å². The maximum atomic E-state index is 12.7. The summed E-state index contributed by atoms with van der Waals surface area (Å²) in [6.45, 7) is 4.77. The fourth-order valence-electron chi connectivity index (χ4n) is 3.15. The first-order valence-corrected chi connectivity index (χ1v) is 10.1. The molecule has 0 bridgehead atoms. The van der Waals surface area contributed by atoms with Gasteiger partial charge in [0.15, 0.2) is 5.60 Å². The van der Waals surface area contributed by atoms with Crippen LogP contribution in [0.4, 0.5) is 13.2 Å². The number of rotatable bonds is 8. The van der Waals surface area contributed by atoms with Crippen LogP contribution in [-0.2, 0) is 17.4 Å². The number of hydrogen-bond donors (Lipinski definition) is 2. The summed E-state index contributed by atoms with van der Waals surface area (Å²) in [5, 5.41) is 16.3. The zero-order valence-corrected chi connectivity index (χ0v) is 18.5. The van der Waals surface area contributed by atoms with Crippen LogP contribution >= 0.6 is 0 Å². The van der Waals surface area contributed by atoms with Gasteiger partial charge in [-0.05, 0) is 57.1 Å². The number of aromatic nitrogens is 2. The highest BCUT2D eigenvalue weighted by Crippen LogP contribution is 2.31. The molecule has 0 spiro atoms. The van der Waals surface area contributed by atoms with Crippen molar-refractivity contribution in [2.24, 2.45) is 0 Å². The number of carboxylic acid groups (broad SMARTS) is 1. The first kappa shape index (κ1) is 24.2. The number of benzene rings is 2. The molecule has 7 nitrogen and oxygen atoms in total. The van der Waals surface area contributed by atoms with Crippen LogP contribution in [0.15, 0.2) is 47.0 Å². The highest BCUT2D eigenvalue weighted by molar-refractivity contribution is 5.76. The van der Waals surface area contributed by atoms with E-state index < -0.39 is 23.3 Å². The van der Waals surface area contributed by atoms with E-state index in [0.29, 0.717) is 23.6 Å². The SMILES string of the molecule is CNC(Cc1nc(-c2ccc(C(F)(F)F)cc2)no1)c1ccc(OC(C)(C)C(=O)O)c(C)c1. The number of likely N-dealkylation sites (N-methyl/N-ethyl adjacent to an activating group) is 1. The number of carbonyl (C=O) groups is 1. The molecule has 1 unspecified atom stereocenters. The van der Waals surface area contributed by atoms with E-state index in [1.54, 1.807) is 13.1 Å². The Hall–Kier alpha value is -3.40. The molecule has 176 valence electrons. The van der Waals surface area contributed by atoms with E-state index in [1.807, 2.05) is 19.1 Å². The van der Waals surface area contributed by atoms with Gasteiger partial charge in [-0.25, -0.2) is 4.79 Å². The summed E-state index contributed by atoms with van der Waals surface area (Å²) in [5.41, 5.74) is -0.0485. The number of alkyl halides is 3. The third-order valence-electron chi connectivity index (χ3n) is 5.15. The minimum atomic E-state index is -4.41. The molecule has 3 rings (SSSR count). The molecule has 1 atom stereocenters. The van der Waals surface area contributed by atoms with E-state index in [0.717, 1.165) is 23.3 Å². The van der Waals surface area contributed by atoms with E-state index in [1.165, 1.54) is 26.0 Å². The molecule has 0 saturated heterocycles. The molecular formula is C23H24F3N3O4. The lowest BCUT2D eigenvalue weighted by molar-refractivity contribution is -0.152. The summed E-state index contributed by atoms with van der Waals surface area (Å²) >= 11 is 0. The minimum Gasteiger partial charge on any atom is -0.478 e. The van der Waals surface area contributed by atoms with Gasteiger partial charge in [0, 0.05) is 18.0 Å². The van der Waals surface area contributed by atoms with Gasteiger partial charge in [0.1, 0.15) is 5.75 Å². The van der Waals surface area contributed by atoms with Gasteiger partial charge in [0.05, 0.1) is 5.56 Å². The second kappa shape index (κ2) is 9.22. The van der Waals surface area contributed by atoms with Crippen LogP contribution in [0.5, 0.6) is 5.75 Å². The number of halogens is 3. The molecule has 0 saturated carbocycles. The molecule has 10 heteroatoms. The molecule has 1 heterocycles. The lowest BCUT2D eigenvalue weighted by Crippen LogP contribution is -2.38. The Morgan fingerprint density at radius 3 is 2.39 bits per heavy atom. The lowest BCUT2D eigenvalue weighted by atomic mass is 10.0. The van der Waals surface area contributed by atoms with Crippen molar-refractivity contribution < 1.29 is 32.3 Å². The molecule has 0 aliphatic carbocycles. The van der Waals surface area contributed by atoms with Crippen LogP contribution in [0.25, 0.3) is 11.4 Å². The van der Waals surface area contributed by atoms with Crippen molar-refractivity contribution in [3.8, 4) is 17.1 Å². The Labute approximate surface area is 188 Å². The van der Waals surface area contributed by atoms with E-state index in [-0.39, 0.29) is 11.9 Å². The van der Waals surface area contributed by atoms with Gasteiger partial charge in [0.2, 0.25) is 11.7 Å². The van der Waals surface area contributed by atoms with Gasteiger partial charge in [-0.1, -0.05) is 29.4 Å². The molecule has 0 radical (unpaired) electrons. The van der Waals surface area contributed by atoms with Crippen molar-refractivity contribution in [3.05, 3.63) is 65.0 Å². The normalized spacial score (nSPS) is 13.1. The van der Waals surface area contributed by atoms with Crippen LogP contribution in [0.1, 0.15) is 42.5 Å². The van der Waals surface area contributed by atoms with Gasteiger partial charge in [-0.2, -0.15) is 18.2 Å². The summed E-state index contributed by atoms with van der Waals surface area (Å²) in [4.78, 5) is 15.6. The monoisotopic (exact) mass is 463 g/mol. The number of ether oxygens (including phenoxy) is 1. The van der Waals surface area contributed by atoms with Crippen LogP contribution in [0.3, 0.4) is 0 Å². The molecule has 33 heavy (non-hydrogen) atoms. The van der Waals surface area contributed by atoms with Gasteiger partial charge >= 0.3 is 12.1 Å². The maximum absolute atomic E-state index is 12.7. The standard InChI is InChI=1S/C23H24F3N3O4/c1-13-11-15(7-10-18(13)32-22(2,3)21(30)31)17(27-4)12-19-28-20(29-33-19)14-5-8-16(9-6-14)23(24,25)26/h5-11,17,27H,12H2,1-4H3,(H,30,31). The van der Waals surface area contributed by atoms with Crippen molar-refractivity contribution in [3.63, 3.8) is 0 Å². The average molecular weight is 463 g/mol. The topological polar surface area (TPSA) is 97.5 Å². The molecule has 2 aromatic carbocycles. The van der Waals surface area contributed by atoms with E-state index >= 15 is 0 Å². The number of hydrogen-bond acceptors (Lipinski definition) is 6. The van der Waals surface area contributed by atoms with Gasteiger partial charge in [-0.15, -0.1) is 0 Å². The highest BCUT2D eigenvalue weighted by atomic mass is 19.4. The molecule has 0 aliphatic rings. The Kier molecular flexibility index (Phi) is 6.78. The van der Waals surface area contributed by atoms with Gasteiger partial charge in [-0.3, -0.25) is 0 Å². The number of carboxylic acids is 1. The Morgan fingerprint density at radius 2 is 1.85 bits per heavy atom. The summed E-state index contributed by atoms with van der Waals surface area (Å²) in [7, 11) is 1.77. The van der Waals surface area contributed by atoms with E-state index in [2.05, 4.69) is 15.5 Å². The number of nitrogens with one attached hydrogen (secondary N) is 1. The lowest BCUT2D eigenvalue weighted by Gasteiger charge is -2.23. The Balaban J connectivity index is 1.75. The third kappa shape index (κ3) is 5.70. The third-order valence-corrected chi connectivity index (χ3v) is 5.15. The second-order valence-corrected chi connectivity index (χ2v) is 8.07. The summed E-state index contributed by atoms with van der Waals surface area (Å²) in [5.74, 6) is -0.0960.